The maximum absolute atomic E-state index is 5.86. The minimum absolute atomic E-state index is 0. The average molecular weight is 327 g/mol. The predicted molar refractivity (Wildman–Crippen MR) is 90.5 cm³/mol. The Morgan fingerprint density at radius 3 is 2.81 bits per heavy atom. The van der Waals surface area contributed by atoms with E-state index in [0.29, 0.717) is 0 Å². The summed E-state index contributed by atoms with van der Waals surface area (Å²) in [6.07, 6.45) is 4.86. The molecule has 1 aromatic carbocycles. The summed E-state index contributed by atoms with van der Waals surface area (Å²) in [5.74, 6) is 0. The molecule has 1 aliphatic heterocycles. The van der Waals surface area contributed by atoms with Crippen LogP contribution < -0.4 is 5.32 Å². The molecular weight excluding hydrogens is 307 g/mol. The highest BCUT2D eigenvalue weighted by Crippen LogP contribution is 2.30. The number of hydrogen-bond acceptors (Lipinski definition) is 3. The topological polar surface area (TPSA) is 34.1 Å². The van der Waals surface area contributed by atoms with Crippen molar-refractivity contribution in [2.75, 3.05) is 20.2 Å². The van der Waals surface area contributed by atoms with Gasteiger partial charge in [0.15, 0.2) is 0 Å². The molecule has 0 spiro atoms. The van der Waals surface area contributed by atoms with Crippen molar-refractivity contribution in [3.8, 4) is 11.1 Å². The second-order valence-corrected chi connectivity index (χ2v) is 4.82. The number of pyridine rings is 1. The van der Waals surface area contributed by atoms with E-state index in [1.807, 2.05) is 19.3 Å². The number of hydrogen-bond donors (Lipinski definition) is 1. The van der Waals surface area contributed by atoms with Gasteiger partial charge in [0, 0.05) is 18.9 Å². The van der Waals surface area contributed by atoms with Crippen LogP contribution in [-0.2, 0) is 11.2 Å². The van der Waals surface area contributed by atoms with Gasteiger partial charge in [-0.15, -0.1) is 24.8 Å². The highest BCUT2D eigenvalue weighted by atomic mass is 35.5. The van der Waals surface area contributed by atoms with Crippen LogP contribution in [0.4, 0.5) is 0 Å². The quantitative estimate of drug-likeness (QED) is 0.938. The van der Waals surface area contributed by atoms with Crippen LogP contribution in [0.15, 0.2) is 42.7 Å². The molecule has 1 aromatic heterocycles. The van der Waals surface area contributed by atoms with Crippen LogP contribution in [0.25, 0.3) is 11.1 Å². The van der Waals surface area contributed by atoms with Gasteiger partial charge in [-0.05, 0) is 47.9 Å². The van der Waals surface area contributed by atoms with Crippen LogP contribution in [0.3, 0.4) is 0 Å². The zero-order valence-corrected chi connectivity index (χ0v) is 13.5. The van der Waals surface area contributed by atoms with Gasteiger partial charge < -0.3 is 10.1 Å². The molecule has 1 atom stereocenters. The van der Waals surface area contributed by atoms with E-state index < -0.39 is 0 Å². The Morgan fingerprint density at radius 2 is 2.10 bits per heavy atom. The molecule has 5 heteroatoms. The molecule has 1 aliphatic rings. The molecule has 3 rings (SSSR count). The molecule has 0 amide bonds. The lowest BCUT2D eigenvalue weighted by atomic mass is 9.93. The smallest absolute Gasteiger partial charge is 0.0952 e. The zero-order chi connectivity index (χ0) is 13.1. The summed E-state index contributed by atoms with van der Waals surface area (Å²) in [5.41, 5.74) is 5.07. The molecule has 2 heterocycles. The van der Waals surface area contributed by atoms with Crippen LogP contribution in [-0.4, -0.2) is 25.2 Å². The Hall–Kier alpha value is -1.13. The van der Waals surface area contributed by atoms with Gasteiger partial charge in [0.05, 0.1) is 12.7 Å². The van der Waals surface area contributed by atoms with Crippen LogP contribution in [0.5, 0.6) is 0 Å². The fraction of sp³-hybridized carbons (Fsp3) is 0.312. The summed E-state index contributed by atoms with van der Waals surface area (Å²) in [7, 11) is 1.96. The molecular formula is C16H20Cl2N2O. The fourth-order valence-electron chi connectivity index (χ4n) is 2.59. The molecule has 0 aliphatic carbocycles. The highest BCUT2D eigenvalue weighted by Gasteiger charge is 2.20. The second-order valence-electron chi connectivity index (χ2n) is 4.82. The van der Waals surface area contributed by atoms with Crippen molar-refractivity contribution in [2.45, 2.75) is 12.5 Å². The minimum Gasteiger partial charge on any atom is -0.372 e. The van der Waals surface area contributed by atoms with Crippen molar-refractivity contribution in [2.24, 2.45) is 0 Å². The number of ether oxygens (including phenoxy) is 1. The average Bonchev–Trinajstić information content (AvgIpc) is 2.48. The molecule has 0 saturated heterocycles. The third-order valence-corrected chi connectivity index (χ3v) is 3.57. The fourth-order valence-corrected chi connectivity index (χ4v) is 2.59. The standard InChI is InChI=1S/C16H18N2O.2ClH/c1-17-11-16-15-9-13(14-3-2-7-18-10-14)5-4-12(15)6-8-19-16;;/h2-5,7,9-10,16-17H,6,8,11H2,1H3;2*1H. The van der Waals surface area contributed by atoms with Crippen molar-refractivity contribution in [1.82, 2.24) is 10.3 Å². The summed E-state index contributed by atoms with van der Waals surface area (Å²) in [6.45, 7) is 1.66. The first-order chi connectivity index (χ1) is 9.38. The number of benzene rings is 1. The first-order valence-corrected chi connectivity index (χ1v) is 6.68. The maximum atomic E-state index is 5.86. The first-order valence-electron chi connectivity index (χ1n) is 6.68. The Morgan fingerprint density at radius 1 is 1.24 bits per heavy atom. The summed E-state index contributed by atoms with van der Waals surface area (Å²) < 4.78 is 5.86. The molecule has 114 valence electrons. The van der Waals surface area contributed by atoms with E-state index >= 15 is 0 Å². The Bertz CT molecular complexity index is 563. The molecule has 1 N–H and O–H groups in total. The van der Waals surface area contributed by atoms with Gasteiger partial charge >= 0.3 is 0 Å². The summed E-state index contributed by atoms with van der Waals surface area (Å²) in [4.78, 5) is 4.18. The van der Waals surface area contributed by atoms with Crippen molar-refractivity contribution in [1.29, 1.82) is 0 Å². The van der Waals surface area contributed by atoms with Gasteiger partial charge in [-0.3, -0.25) is 4.98 Å². The van der Waals surface area contributed by atoms with Gasteiger partial charge in [0.25, 0.3) is 0 Å². The first kappa shape index (κ1) is 17.9. The highest BCUT2D eigenvalue weighted by molar-refractivity contribution is 5.85. The van der Waals surface area contributed by atoms with Crippen LogP contribution in [0.2, 0.25) is 0 Å². The van der Waals surface area contributed by atoms with Gasteiger partial charge in [-0.1, -0.05) is 18.2 Å². The van der Waals surface area contributed by atoms with Gasteiger partial charge in [0.1, 0.15) is 0 Å². The van der Waals surface area contributed by atoms with E-state index in [0.717, 1.165) is 25.1 Å². The Balaban J connectivity index is 0.00000110. The van der Waals surface area contributed by atoms with Crippen molar-refractivity contribution < 1.29 is 4.74 Å². The van der Waals surface area contributed by atoms with Gasteiger partial charge in [-0.2, -0.15) is 0 Å². The van der Waals surface area contributed by atoms with E-state index in [1.165, 1.54) is 16.7 Å². The number of fused-ring (bicyclic) bond motifs is 1. The molecule has 0 radical (unpaired) electrons. The van der Waals surface area contributed by atoms with E-state index in [4.69, 9.17) is 4.74 Å². The normalized spacial score (nSPS) is 16.3. The van der Waals surface area contributed by atoms with Crippen LogP contribution >= 0.6 is 24.8 Å². The van der Waals surface area contributed by atoms with Crippen molar-refractivity contribution in [3.05, 3.63) is 53.9 Å². The maximum Gasteiger partial charge on any atom is 0.0952 e. The number of rotatable bonds is 3. The van der Waals surface area contributed by atoms with Crippen LogP contribution in [0, 0.1) is 0 Å². The van der Waals surface area contributed by atoms with E-state index in [-0.39, 0.29) is 30.9 Å². The second kappa shape index (κ2) is 8.35. The van der Waals surface area contributed by atoms with E-state index in [1.54, 1.807) is 6.20 Å². The van der Waals surface area contributed by atoms with Gasteiger partial charge in [-0.25, -0.2) is 0 Å². The number of likely N-dealkylation sites (N-methyl/N-ethyl adjacent to an activating group) is 1. The number of nitrogens with zero attached hydrogens (tertiary/aromatic N) is 1. The molecule has 1 unspecified atom stereocenters. The zero-order valence-electron chi connectivity index (χ0n) is 11.9. The van der Waals surface area contributed by atoms with E-state index in [2.05, 4.69) is 34.6 Å². The molecule has 0 fully saturated rings. The van der Waals surface area contributed by atoms with Gasteiger partial charge in [0.2, 0.25) is 0 Å². The lowest BCUT2D eigenvalue weighted by Crippen LogP contribution is -2.25. The van der Waals surface area contributed by atoms with Crippen molar-refractivity contribution in [3.63, 3.8) is 0 Å². The SMILES string of the molecule is CNCC1OCCc2ccc(-c3cccnc3)cc21.Cl.Cl. The number of nitrogens with one attached hydrogen (secondary N) is 1. The van der Waals surface area contributed by atoms with Crippen LogP contribution in [0.1, 0.15) is 17.2 Å². The summed E-state index contributed by atoms with van der Waals surface area (Å²) >= 11 is 0. The largest absolute Gasteiger partial charge is 0.372 e. The minimum atomic E-state index is 0. The predicted octanol–water partition coefficient (Wildman–Crippen LogP) is 3.43. The summed E-state index contributed by atoms with van der Waals surface area (Å²) in [6, 6.07) is 10.7. The summed E-state index contributed by atoms with van der Waals surface area (Å²) in [5, 5.41) is 3.20. The monoisotopic (exact) mass is 326 g/mol. The number of aromatic nitrogens is 1. The molecule has 0 saturated carbocycles. The third-order valence-electron chi connectivity index (χ3n) is 3.57. The van der Waals surface area contributed by atoms with E-state index in [9.17, 15) is 0 Å². The lowest BCUT2D eigenvalue weighted by Gasteiger charge is -2.26. The molecule has 0 bridgehead atoms. The Labute approximate surface area is 137 Å². The lowest BCUT2D eigenvalue weighted by molar-refractivity contribution is 0.0439. The molecule has 3 nitrogen and oxygen atoms in total. The third kappa shape index (κ3) is 3.95. The van der Waals surface area contributed by atoms with Crippen molar-refractivity contribution >= 4 is 24.8 Å². The molecule has 21 heavy (non-hydrogen) atoms. The molecule has 2 aromatic rings. The Kier molecular flexibility index (Phi) is 7.12. The number of halogens is 2.